The van der Waals surface area contributed by atoms with Gasteiger partial charge in [-0.3, -0.25) is 0 Å². The van der Waals surface area contributed by atoms with Crippen molar-refractivity contribution in [2.45, 2.75) is 50.3 Å². The first kappa shape index (κ1) is 13.1. The van der Waals surface area contributed by atoms with Crippen LogP contribution in [0, 0.1) is 0 Å². The Morgan fingerprint density at radius 2 is 2.00 bits per heavy atom. The number of ether oxygens (including phenoxy) is 1. The smallest absolute Gasteiger partial charge is 0.129 e. The van der Waals surface area contributed by atoms with Gasteiger partial charge in [-0.1, -0.05) is 12.5 Å². The standard InChI is InChI=1S/C16H18BrNOS/c17-13-9-20-15-6-2-5-14(16(13)15)19-12-7-10-3-1-4-11(8-12)18-10/h2,5-6,9-12,18H,1,3-4,7-8H2/t10-,11+,12-. The number of benzene rings is 1. The molecule has 1 aromatic carbocycles. The van der Waals surface area contributed by atoms with Crippen LogP contribution in [0.2, 0.25) is 0 Å². The van der Waals surface area contributed by atoms with Crippen molar-refractivity contribution in [1.82, 2.24) is 5.32 Å². The van der Waals surface area contributed by atoms with Gasteiger partial charge in [-0.15, -0.1) is 11.3 Å². The van der Waals surface area contributed by atoms with Crippen LogP contribution in [0.25, 0.3) is 10.1 Å². The van der Waals surface area contributed by atoms with E-state index < -0.39 is 0 Å². The Morgan fingerprint density at radius 1 is 1.20 bits per heavy atom. The predicted molar refractivity (Wildman–Crippen MR) is 87.7 cm³/mol. The van der Waals surface area contributed by atoms with Crippen molar-refractivity contribution in [3.8, 4) is 5.75 Å². The molecule has 0 spiro atoms. The van der Waals surface area contributed by atoms with Gasteiger partial charge >= 0.3 is 0 Å². The van der Waals surface area contributed by atoms with Crippen molar-refractivity contribution in [3.05, 3.63) is 28.1 Å². The maximum absolute atomic E-state index is 6.38. The van der Waals surface area contributed by atoms with E-state index in [2.05, 4.69) is 44.8 Å². The summed E-state index contributed by atoms with van der Waals surface area (Å²) in [4.78, 5) is 0. The Hall–Kier alpha value is -0.580. The topological polar surface area (TPSA) is 21.3 Å². The van der Waals surface area contributed by atoms with Gasteiger partial charge in [0.15, 0.2) is 0 Å². The third kappa shape index (κ3) is 2.38. The lowest BCUT2D eigenvalue weighted by Gasteiger charge is -2.40. The summed E-state index contributed by atoms with van der Waals surface area (Å²) in [7, 11) is 0. The fourth-order valence-corrected chi connectivity index (χ4v) is 5.26. The van der Waals surface area contributed by atoms with Crippen LogP contribution in [0.4, 0.5) is 0 Å². The number of thiophene rings is 1. The molecular formula is C16H18BrNOS. The summed E-state index contributed by atoms with van der Waals surface area (Å²) >= 11 is 5.42. The maximum Gasteiger partial charge on any atom is 0.129 e. The van der Waals surface area contributed by atoms with E-state index in [4.69, 9.17) is 4.74 Å². The summed E-state index contributed by atoms with van der Waals surface area (Å²) in [6.45, 7) is 0. The molecule has 1 aromatic heterocycles. The third-order valence-electron chi connectivity index (χ3n) is 4.48. The van der Waals surface area contributed by atoms with Gasteiger partial charge in [0.25, 0.3) is 0 Å². The van der Waals surface area contributed by atoms with Gasteiger partial charge in [0.05, 0.1) is 0 Å². The van der Waals surface area contributed by atoms with Crippen LogP contribution in [0.3, 0.4) is 0 Å². The highest BCUT2D eigenvalue weighted by atomic mass is 79.9. The molecule has 0 aliphatic carbocycles. The monoisotopic (exact) mass is 351 g/mol. The normalized spacial score (nSPS) is 29.6. The van der Waals surface area contributed by atoms with E-state index in [1.807, 2.05) is 0 Å². The molecule has 0 saturated carbocycles. The second-order valence-electron chi connectivity index (χ2n) is 5.92. The number of hydrogen-bond donors (Lipinski definition) is 1. The Morgan fingerprint density at radius 3 is 2.80 bits per heavy atom. The van der Waals surface area contributed by atoms with Crippen LogP contribution in [0.5, 0.6) is 5.75 Å². The molecule has 0 radical (unpaired) electrons. The molecule has 4 rings (SSSR count). The number of halogens is 1. The summed E-state index contributed by atoms with van der Waals surface area (Å²) in [5, 5.41) is 7.11. The fraction of sp³-hybridized carbons (Fsp3) is 0.500. The summed E-state index contributed by atoms with van der Waals surface area (Å²) in [5.41, 5.74) is 0. The zero-order valence-corrected chi connectivity index (χ0v) is 13.7. The van der Waals surface area contributed by atoms with E-state index in [-0.39, 0.29) is 0 Å². The zero-order valence-electron chi connectivity index (χ0n) is 11.3. The predicted octanol–water partition coefficient (Wildman–Crippen LogP) is 4.72. The molecule has 2 nitrogen and oxygen atoms in total. The molecule has 1 N–H and O–H groups in total. The molecule has 2 aromatic rings. The Kier molecular flexibility index (Phi) is 3.49. The average molecular weight is 352 g/mol. The molecule has 3 atom stereocenters. The molecule has 0 unspecified atom stereocenters. The molecule has 2 fully saturated rings. The largest absolute Gasteiger partial charge is 0.490 e. The van der Waals surface area contributed by atoms with E-state index >= 15 is 0 Å². The second-order valence-corrected chi connectivity index (χ2v) is 7.68. The van der Waals surface area contributed by atoms with Crippen molar-refractivity contribution < 1.29 is 4.74 Å². The van der Waals surface area contributed by atoms with Crippen LogP contribution in [0.1, 0.15) is 32.1 Å². The van der Waals surface area contributed by atoms with Gasteiger partial charge in [-0.25, -0.2) is 0 Å². The molecule has 2 aliphatic rings. The minimum Gasteiger partial charge on any atom is -0.490 e. The molecule has 2 bridgehead atoms. The molecule has 20 heavy (non-hydrogen) atoms. The second kappa shape index (κ2) is 5.32. The molecule has 2 saturated heterocycles. The molecule has 3 heterocycles. The van der Waals surface area contributed by atoms with E-state index in [1.165, 1.54) is 29.3 Å². The highest BCUT2D eigenvalue weighted by Gasteiger charge is 2.32. The lowest BCUT2D eigenvalue weighted by atomic mass is 9.85. The van der Waals surface area contributed by atoms with Crippen molar-refractivity contribution in [2.75, 3.05) is 0 Å². The van der Waals surface area contributed by atoms with Gasteiger partial charge in [0, 0.05) is 32.0 Å². The van der Waals surface area contributed by atoms with Gasteiger partial charge in [0.2, 0.25) is 0 Å². The SMILES string of the molecule is Brc1csc2cccc(O[C@@H]3C[C@H]4CCC[C@@H](C3)N4)c12. The van der Waals surface area contributed by atoms with Crippen LogP contribution in [-0.4, -0.2) is 18.2 Å². The van der Waals surface area contributed by atoms with E-state index in [0.717, 1.165) is 23.1 Å². The number of nitrogens with one attached hydrogen (secondary N) is 1. The minimum atomic E-state index is 0.365. The van der Waals surface area contributed by atoms with Crippen molar-refractivity contribution >= 4 is 37.4 Å². The summed E-state index contributed by atoms with van der Waals surface area (Å²) in [6.07, 6.45) is 6.65. The highest BCUT2D eigenvalue weighted by molar-refractivity contribution is 9.10. The quantitative estimate of drug-likeness (QED) is 0.845. The van der Waals surface area contributed by atoms with Crippen LogP contribution in [0.15, 0.2) is 28.1 Å². The number of fused-ring (bicyclic) bond motifs is 3. The lowest BCUT2D eigenvalue weighted by molar-refractivity contribution is 0.0939. The molecule has 2 aliphatic heterocycles. The van der Waals surface area contributed by atoms with E-state index in [0.29, 0.717) is 18.2 Å². The summed E-state index contributed by atoms with van der Waals surface area (Å²) < 4.78 is 8.83. The Labute approximate surface area is 131 Å². The third-order valence-corrected chi connectivity index (χ3v) is 6.36. The molecular weight excluding hydrogens is 334 g/mol. The average Bonchev–Trinajstić information content (AvgIpc) is 2.81. The van der Waals surface area contributed by atoms with Crippen LogP contribution >= 0.6 is 27.3 Å². The van der Waals surface area contributed by atoms with Gasteiger partial charge in [-0.05, 0) is 53.7 Å². The van der Waals surface area contributed by atoms with Crippen LogP contribution < -0.4 is 10.1 Å². The first-order valence-electron chi connectivity index (χ1n) is 7.38. The van der Waals surface area contributed by atoms with Crippen molar-refractivity contribution in [3.63, 3.8) is 0 Å². The van der Waals surface area contributed by atoms with E-state index in [1.54, 1.807) is 11.3 Å². The first-order chi connectivity index (χ1) is 9.79. The van der Waals surface area contributed by atoms with Gasteiger partial charge in [0.1, 0.15) is 11.9 Å². The van der Waals surface area contributed by atoms with Crippen molar-refractivity contribution in [2.24, 2.45) is 0 Å². The Bertz CT molecular complexity index is 614. The number of rotatable bonds is 2. The number of hydrogen-bond acceptors (Lipinski definition) is 3. The highest BCUT2D eigenvalue weighted by Crippen LogP contribution is 2.38. The van der Waals surface area contributed by atoms with E-state index in [9.17, 15) is 0 Å². The van der Waals surface area contributed by atoms with Crippen LogP contribution in [-0.2, 0) is 0 Å². The van der Waals surface area contributed by atoms with Gasteiger partial charge < -0.3 is 10.1 Å². The zero-order chi connectivity index (χ0) is 13.5. The molecule has 106 valence electrons. The summed E-state index contributed by atoms with van der Waals surface area (Å²) in [5.74, 6) is 1.04. The lowest BCUT2D eigenvalue weighted by Crippen LogP contribution is -2.51. The molecule has 0 amide bonds. The molecule has 4 heteroatoms. The maximum atomic E-state index is 6.38. The summed E-state index contributed by atoms with van der Waals surface area (Å²) in [6, 6.07) is 7.70. The Balaban J connectivity index is 1.60. The fourth-order valence-electron chi connectivity index (χ4n) is 3.61. The van der Waals surface area contributed by atoms with Crippen molar-refractivity contribution in [1.29, 1.82) is 0 Å². The number of piperidine rings is 2. The van der Waals surface area contributed by atoms with Gasteiger partial charge in [-0.2, -0.15) is 0 Å². The first-order valence-corrected chi connectivity index (χ1v) is 9.05. The minimum absolute atomic E-state index is 0.365.